The second kappa shape index (κ2) is 5.46. The summed E-state index contributed by atoms with van der Waals surface area (Å²) in [5, 5.41) is 5.65. The number of alkyl carbamates (subject to hydrolysis) is 1. The lowest BCUT2D eigenvalue weighted by atomic mass is 9.94. The molecule has 2 saturated heterocycles. The van der Waals surface area contributed by atoms with Gasteiger partial charge in [0.05, 0.1) is 13.7 Å². The number of nitrogens with zero attached hydrogens (tertiary/aromatic N) is 1. The van der Waals surface area contributed by atoms with Crippen LogP contribution in [0.1, 0.15) is 12.8 Å². The van der Waals surface area contributed by atoms with E-state index in [0.717, 1.165) is 19.6 Å². The van der Waals surface area contributed by atoms with Crippen molar-refractivity contribution in [3.63, 3.8) is 0 Å². The van der Waals surface area contributed by atoms with Crippen LogP contribution in [0.5, 0.6) is 0 Å². The van der Waals surface area contributed by atoms with Gasteiger partial charge in [0, 0.05) is 19.1 Å². The molecule has 6 heteroatoms. The van der Waals surface area contributed by atoms with Crippen molar-refractivity contribution in [2.45, 2.75) is 18.9 Å². The quantitative estimate of drug-likeness (QED) is 0.685. The van der Waals surface area contributed by atoms with E-state index in [1.807, 2.05) is 0 Å². The Hall–Kier alpha value is -1.14. The number of fused-ring (bicyclic) bond motifs is 1. The van der Waals surface area contributed by atoms with E-state index in [2.05, 4.69) is 20.3 Å². The van der Waals surface area contributed by atoms with Gasteiger partial charge in [-0.2, -0.15) is 0 Å². The topological polar surface area (TPSA) is 70.7 Å². The Morgan fingerprint density at radius 1 is 1.47 bits per heavy atom. The standard InChI is InChI=1S/C11H19N3O3/c1-17-11(16)13-10(15)7-14-5-8-3-2-4-12-9(8)6-14/h8-9,12H,2-7H2,1H3,(H,13,15,16)/t8-,9+/m0/s1. The van der Waals surface area contributed by atoms with Crippen LogP contribution < -0.4 is 10.6 Å². The molecule has 2 aliphatic heterocycles. The maximum Gasteiger partial charge on any atom is 0.413 e. The minimum absolute atomic E-state index is 0.268. The Morgan fingerprint density at radius 2 is 2.29 bits per heavy atom. The molecule has 6 nitrogen and oxygen atoms in total. The third-order valence-corrected chi connectivity index (χ3v) is 3.47. The van der Waals surface area contributed by atoms with E-state index in [-0.39, 0.29) is 12.5 Å². The van der Waals surface area contributed by atoms with Crippen molar-refractivity contribution in [2.75, 3.05) is 33.3 Å². The van der Waals surface area contributed by atoms with Gasteiger partial charge in [-0.1, -0.05) is 0 Å². The van der Waals surface area contributed by atoms with Gasteiger partial charge < -0.3 is 10.1 Å². The van der Waals surface area contributed by atoms with Gasteiger partial charge in [-0.3, -0.25) is 15.0 Å². The highest BCUT2D eigenvalue weighted by Gasteiger charge is 2.34. The van der Waals surface area contributed by atoms with Crippen molar-refractivity contribution < 1.29 is 14.3 Å². The normalized spacial score (nSPS) is 28.5. The van der Waals surface area contributed by atoms with E-state index in [1.165, 1.54) is 20.0 Å². The van der Waals surface area contributed by atoms with Crippen molar-refractivity contribution in [1.82, 2.24) is 15.5 Å². The maximum absolute atomic E-state index is 11.5. The molecule has 0 aromatic heterocycles. The Morgan fingerprint density at radius 3 is 3.00 bits per heavy atom. The van der Waals surface area contributed by atoms with Crippen molar-refractivity contribution in [3.8, 4) is 0 Å². The van der Waals surface area contributed by atoms with E-state index in [9.17, 15) is 9.59 Å². The Balaban J connectivity index is 1.77. The molecule has 2 aliphatic rings. The van der Waals surface area contributed by atoms with Gasteiger partial charge in [0.2, 0.25) is 5.91 Å². The molecule has 0 aromatic rings. The number of methoxy groups -OCH3 is 1. The summed E-state index contributed by atoms with van der Waals surface area (Å²) in [5.74, 6) is 0.352. The van der Waals surface area contributed by atoms with Crippen molar-refractivity contribution in [1.29, 1.82) is 0 Å². The number of carbonyl (C=O) groups is 2. The van der Waals surface area contributed by atoms with E-state index in [4.69, 9.17) is 0 Å². The Bertz CT molecular complexity index is 294. The first kappa shape index (κ1) is 12.3. The summed E-state index contributed by atoms with van der Waals surface area (Å²) in [6.07, 6.45) is 1.75. The maximum atomic E-state index is 11.5. The number of rotatable bonds is 2. The van der Waals surface area contributed by atoms with Crippen molar-refractivity contribution in [3.05, 3.63) is 0 Å². The summed E-state index contributed by atoms with van der Waals surface area (Å²) < 4.78 is 4.38. The average Bonchev–Trinajstić information content (AvgIpc) is 2.70. The molecule has 0 unspecified atom stereocenters. The number of piperidine rings is 1. The van der Waals surface area contributed by atoms with Crippen LogP contribution in [0.25, 0.3) is 0 Å². The molecule has 0 saturated carbocycles. The van der Waals surface area contributed by atoms with Crippen LogP contribution in [0, 0.1) is 5.92 Å². The summed E-state index contributed by atoms with van der Waals surface area (Å²) >= 11 is 0. The second-order valence-corrected chi connectivity index (χ2v) is 4.70. The van der Waals surface area contributed by atoms with Gasteiger partial charge in [0.25, 0.3) is 0 Å². The van der Waals surface area contributed by atoms with Gasteiger partial charge in [-0.05, 0) is 25.3 Å². The molecule has 96 valence electrons. The molecule has 2 rings (SSSR count). The minimum Gasteiger partial charge on any atom is -0.453 e. The van der Waals surface area contributed by atoms with Crippen LogP contribution in [0.15, 0.2) is 0 Å². The summed E-state index contributed by atoms with van der Waals surface area (Å²) in [7, 11) is 1.25. The predicted molar refractivity (Wildman–Crippen MR) is 61.5 cm³/mol. The zero-order valence-electron chi connectivity index (χ0n) is 10.1. The highest BCUT2D eigenvalue weighted by molar-refractivity contribution is 5.92. The molecule has 17 heavy (non-hydrogen) atoms. The van der Waals surface area contributed by atoms with Crippen LogP contribution in [0.3, 0.4) is 0 Å². The van der Waals surface area contributed by atoms with E-state index >= 15 is 0 Å². The smallest absolute Gasteiger partial charge is 0.413 e. The average molecular weight is 241 g/mol. The minimum atomic E-state index is -0.690. The molecule has 2 fully saturated rings. The van der Waals surface area contributed by atoms with E-state index in [0.29, 0.717) is 12.0 Å². The predicted octanol–water partition coefficient (Wildman–Crippen LogP) is -0.447. The second-order valence-electron chi connectivity index (χ2n) is 4.70. The number of imide groups is 1. The molecular formula is C11H19N3O3. The van der Waals surface area contributed by atoms with Crippen molar-refractivity contribution >= 4 is 12.0 Å². The highest BCUT2D eigenvalue weighted by atomic mass is 16.5. The van der Waals surface area contributed by atoms with E-state index < -0.39 is 6.09 Å². The lowest BCUT2D eigenvalue weighted by Gasteiger charge is -2.24. The Labute approximate surface area is 101 Å². The zero-order valence-corrected chi connectivity index (χ0v) is 10.1. The lowest BCUT2D eigenvalue weighted by Crippen LogP contribution is -2.42. The van der Waals surface area contributed by atoms with Crippen LogP contribution in [-0.4, -0.2) is 56.2 Å². The molecule has 0 spiro atoms. The summed E-state index contributed by atoms with van der Waals surface area (Å²) in [6, 6.07) is 0.509. The monoisotopic (exact) mass is 241 g/mol. The van der Waals surface area contributed by atoms with Crippen LogP contribution in [0.4, 0.5) is 4.79 Å². The zero-order chi connectivity index (χ0) is 12.3. The number of carbonyl (C=O) groups excluding carboxylic acids is 2. The number of hydrogen-bond donors (Lipinski definition) is 2. The molecule has 2 amide bonds. The number of ether oxygens (including phenoxy) is 1. The number of nitrogens with one attached hydrogen (secondary N) is 2. The molecule has 2 heterocycles. The van der Waals surface area contributed by atoms with Gasteiger partial charge in [-0.25, -0.2) is 4.79 Å². The first-order chi connectivity index (χ1) is 8.19. The first-order valence-corrected chi connectivity index (χ1v) is 6.02. The van der Waals surface area contributed by atoms with Gasteiger partial charge in [0.1, 0.15) is 0 Å². The fourth-order valence-electron chi connectivity index (χ4n) is 2.67. The van der Waals surface area contributed by atoms with E-state index in [1.54, 1.807) is 0 Å². The van der Waals surface area contributed by atoms with Gasteiger partial charge in [0.15, 0.2) is 0 Å². The molecule has 2 atom stereocenters. The molecule has 0 radical (unpaired) electrons. The molecule has 0 aliphatic carbocycles. The van der Waals surface area contributed by atoms with Crippen LogP contribution in [-0.2, 0) is 9.53 Å². The molecule has 2 N–H and O–H groups in total. The Kier molecular flexibility index (Phi) is 3.96. The van der Waals surface area contributed by atoms with Gasteiger partial charge >= 0.3 is 6.09 Å². The third kappa shape index (κ3) is 3.17. The summed E-state index contributed by atoms with van der Waals surface area (Å²) in [4.78, 5) is 24.5. The fourth-order valence-corrected chi connectivity index (χ4v) is 2.67. The highest BCUT2D eigenvalue weighted by Crippen LogP contribution is 2.24. The van der Waals surface area contributed by atoms with Gasteiger partial charge in [-0.15, -0.1) is 0 Å². The third-order valence-electron chi connectivity index (χ3n) is 3.47. The number of hydrogen-bond acceptors (Lipinski definition) is 5. The van der Waals surface area contributed by atoms with Crippen LogP contribution >= 0.6 is 0 Å². The first-order valence-electron chi connectivity index (χ1n) is 6.02. The largest absolute Gasteiger partial charge is 0.453 e. The van der Waals surface area contributed by atoms with Crippen LogP contribution in [0.2, 0.25) is 0 Å². The lowest BCUT2D eigenvalue weighted by molar-refractivity contribution is -0.121. The fraction of sp³-hybridized carbons (Fsp3) is 0.818. The molecule has 0 bridgehead atoms. The number of likely N-dealkylation sites (tertiary alicyclic amines) is 1. The molecule has 0 aromatic carbocycles. The van der Waals surface area contributed by atoms with Crippen molar-refractivity contribution in [2.24, 2.45) is 5.92 Å². The summed E-state index contributed by atoms with van der Waals surface area (Å²) in [6.45, 7) is 3.17. The molecular weight excluding hydrogens is 222 g/mol. The summed E-state index contributed by atoms with van der Waals surface area (Å²) in [5.41, 5.74) is 0. The number of amides is 2. The SMILES string of the molecule is COC(=O)NC(=O)CN1C[C@@H]2CCCN[C@@H]2C1.